The molecule has 3 heteroatoms. The lowest BCUT2D eigenvalue weighted by Crippen LogP contribution is -1.98. The van der Waals surface area contributed by atoms with Crippen LogP contribution in [0, 0.1) is 0 Å². The van der Waals surface area contributed by atoms with Crippen LogP contribution in [0.5, 0.6) is 0 Å². The van der Waals surface area contributed by atoms with E-state index in [0.29, 0.717) is 0 Å². The largest absolute Gasteiger partial charge is 0.309 e. The molecule has 0 aliphatic carbocycles. The maximum absolute atomic E-state index is 5.41. The third-order valence-corrected chi connectivity index (χ3v) is 9.74. The van der Waals surface area contributed by atoms with E-state index in [1.54, 1.807) is 0 Å². The van der Waals surface area contributed by atoms with Crippen molar-refractivity contribution in [2.24, 2.45) is 0 Å². The van der Waals surface area contributed by atoms with E-state index < -0.39 is 0 Å². The Kier molecular flexibility index (Phi) is 6.18. The molecule has 0 aliphatic rings. The van der Waals surface area contributed by atoms with Crippen molar-refractivity contribution in [2.75, 3.05) is 0 Å². The lowest BCUT2D eigenvalue weighted by atomic mass is 9.99. The standard InChI is InChI=1S/C46H29N3/c1-3-12-30(13-4-1)34-18-11-19-35(28-34)46-45(33-16-5-2-6-17-33)47-39-25-24-36(29-40(39)48-46)49-41-26-22-31-14-7-9-20-37(31)43(41)44-38-21-10-8-15-32(38)23-27-42(44)49/h1-29H. The van der Waals surface area contributed by atoms with Crippen molar-refractivity contribution in [1.29, 1.82) is 0 Å². The number of hydrogen-bond donors (Lipinski definition) is 0. The molecule has 0 amide bonds. The Morgan fingerprint density at radius 2 is 0.878 bits per heavy atom. The molecule has 228 valence electrons. The second-order valence-electron chi connectivity index (χ2n) is 12.6. The van der Waals surface area contributed by atoms with Crippen LogP contribution in [0.1, 0.15) is 0 Å². The van der Waals surface area contributed by atoms with Crippen LogP contribution in [0.3, 0.4) is 0 Å². The molecular weight excluding hydrogens is 595 g/mol. The highest BCUT2D eigenvalue weighted by molar-refractivity contribution is 6.28. The summed E-state index contributed by atoms with van der Waals surface area (Å²) in [6.07, 6.45) is 0. The third-order valence-electron chi connectivity index (χ3n) is 9.74. The van der Waals surface area contributed by atoms with Crippen LogP contribution in [-0.4, -0.2) is 14.5 Å². The maximum Gasteiger partial charge on any atom is 0.0973 e. The zero-order valence-electron chi connectivity index (χ0n) is 26.6. The fourth-order valence-electron chi connectivity index (χ4n) is 7.48. The van der Waals surface area contributed by atoms with Crippen LogP contribution >= 0.6 is 0 Å². The van der Waals surface area contributed by atoms with Crippen LogP contribution in [0.15, 0.2) is 176 Å². The first-order chi connectivity index (χ1) is 24.3. The van der Waals surface area contributed by atoms with E-state index in [9.17, 15) is 0 Å². The van der Waals surface area contributed by atoms with Gasteiger partial charge in [-0.15, -0.1) is 0 Å². The van der Waals surface area contributed by atoms with Gasteiger partial charge in [0.2, 0.25) is 0 Å². The van der Waals surface area contributed by atoms with Crippen molar-refractivity contribution in [3.63, 3.8) is 0 Å². The molecule has 10 rings (SSSR count). The van der Waals surface area contributed by atoms with Crippen LogP contribution in [0.4, 0.5) is 0 Å². The quantitative estimate of drug-likeness (QED) is 0.195. The molecule has 0 N–H and O–H groups in total. The number of benzene rings is 8. The van der Waals surface area contributed by atoms with Gasteiger partial charge in [0.15, 0.2) is 0 Å². The topological polar surface area (TPSA) is 30.7 Å². The Balaban J connectivity index is 1.24. The van der Waals surface area contributed by atoms with Crippen LogP contribution in [-0.2, 0) is 0 Å². The minimum Gasteiger partial charge on any atom is -0.309 e. The monoisotopic (exact) mass is 623 g/mol. The first-order valence-electron chi connectivity index (χ1n) is 16.7. The predicted octanol–water partition coefficient (Wildman–Crippen LogP) is 12.0. The van der Waals surface area contributed by atoms with Gasteiger partial charge in [-0.2, -0.15) is 0 Å². The number of hydrogen-bond acceptors (Lipinski definition) is 2. The molecule has 0 bridgehead atoms. The first kappa shape index (κ1) is 27.5. The molecule has 0 saturated carbocycles. The number of nitrogens with zero attached hydrogens (tertiary/aromatic N) is 3. The highest BCUT2D eigenvalue weighted by Gasteiger charge is 2.19. The highest BCUT2D eigenvalue weighted by atomic mass is 15.0. The molecule has 0 unspecified atom stereocenters. The SMILES string of the molecule is c1ccc(-c2cccc(-c3nc4cc(-n5c6ccc7ccccc7c6c6c7ccccc7ccc65)ccc4nc3-c3ccccc3)c2)cc1. The molecule has 2 aromatic heterocycles. The second-order valence-corrected chi connectivity index (χ2v) is 12.6. The van der Waals surface area contributed by atoms with E-state index in [4.69, 9.17) is 9.97 Å². The van der Waals surface area contributed by atoms with Crippen molar-refractivity contribution in [3.05, 3.63) is 176 Å². The van der Waals surface area contributed by atoms with E-state index in [1.165, 1.54) is 48.9 Å². The van der Waals surface area contributed by atoms with Crippen LogP contribution in [0.25, 0.3) is 93.7 Å². The Bertz CT molecular complexity index is 2780. The van der Waals surface area contributed by atoms with Crippen molar-refractivity contribution in [2.45, 2.75) is 0 Å². The molecule has 3 nitrogen and oxygen atoms in total. The van der Waals surface area contributed by atoms with Gasteiger partial charge in [-0.1, -0.05) is 140 Å². The first-order valence-corrected chi connectivity index (χ1v) is 16.7. The molecule has 10 aromatic rings. The Morgan fingerprint density at radius 3 is 1.55 bits per heavy atom. The van der Waals surface area contributed by atoms with Gasteiger partial charge < -0.3 is 4.57 Å². The number of fused-ring (bicyclic) bond motifs is 8. The molecule has 49 heavy (non-hydrogen) atoms. The molecule has 8 aromatic carbocycles. The van der Waals surface area contributed by atoms with Crippen LogP contribution in [0.2, 0.25) is 0 Å². The van der Waals surface area contributed by atoms with Gasteiger partial charge in [0, 0.05) is 27.6 Å². The summed E-state index contributed by atoms with van der Waals surface area (Å²) in [6.45, 7) is 0. The summed E-state index contributed by atoms with van der Waals surface area (Å²) >= 11 is 0. The molecule has 0 saturated heterocycles. The lowest BCUT2D eigenvalue weighted by Gasteiger charge is -2.14. The van der Waals surface area contributed by atoms with Gasteiger partial charge in [-0.25, -0.2) is 9.97 Å². The highest BCUT2D eigenvalue weighted by Crippen LogP contribution is 2.41. The molecule has 2 heterocycles. The summed E-state index contributed by atoms with van der Waals surface area (Å²) in [4.78, 5) is 10.7. The fourth-order valence-corrected chi connectivity index (χ4v) is 7.48. The Morgan fingerprint density at radius 1 is 0.347 bits per heavy atom. The molecule has 0 radical (unpaired) electrons. The van der Waals surface area contributed by atoms with E-state index in [0.717, 1.165) is 44.8 Å². The zero-order valence-corrected chi connectivity index (χ0v) is 26.6. The van der Waals surface area contributed by atoms with E-state index in [-0.39, 0.29) is 0 Å². The number of aromatic nitrogens is 3. The van der Waals surface area contributed by atoms with E-state index >= 15 is 0 Å². The van der Waals surface area contributed by atoms with Gasteiger partial charge in [0.1, 0.15) is 0 Å². The Hall–Kier alpha value is -6.58. The normalized spacial score (nSPS) is 11.7. The molecule has 0 aliphatic heterocycles. The minimum atomic E-state index is 0.855. The summed E-state index contributed by atoms with van der Waals surface area (Å²) in [7, 11) is 0. The summed E-state index contributed by atoms with van der Waals surface area (Å²) in [5.41, 5.74) is 11.3. The van der Waals surface area contributed by atoms with Gasteiger partial charge in [-0.05, 0) is 69.1 Å². The summed E-state index contributed by atoms with van der Waals surface area (Å²) in [5.74, 6) is 0. The van der Waals surface area contributed by atoms with Gasteiger partial charge in [-0.3, -0.25) is 0 Å². The molecular formula is C46H29N3. The van der Waals surface area contributed by atoms with Crippen molar-refractivity contribution >= 4 is 54.4 Å². The Labute approximate surface area is 283 Å². The number of rotatable bonds is 4. The molecule has 0 atom stereocenters. The third kappa shape index (κ3) is 4.44. The average molecular weight is 624 g/mol. The minimum absolute atomic E-state index is 0.855. The van der Waals surface area contributed by atoms with Gasteiger partial charge >= 0.3 is 0 Å². The molecule has 0 fully saturated rings. The average Bonchev–Trinajstić information content (AvgIpc) is 3.53. The predicted molar refractivity (Wildman–Crippen MR) is 205 cm³/mol. The zero-order chi connectivity index (χ0) is 32.3. The van der Waals surface area contributed by atoms with Gasteiger partial charge in [0.25, 0.3) is 0 Å². The van der Waals surface area contributed by atoms with E-state index in [1.807, 2.05) is 6.07 Å². The summed E-state index contributed by atoms with van der Waals surface area (Å²) < 4.78 is 2.39. The van der Waals surface area contributed by atoms with E-state index in [2.05, 4.69) is 174 Å². The van der Waals surface area contributed by atoms with Crippen molar-refractivity contribution in [1.82, 2.24) is 14.5 Å². The summed E-state index contributed by atoms with van der Waals surface area (Å²) in [5, 5.41) is 7.54. The van der Waals surface area contributed by atoms with Crippen molar-refractivity contribution in [3.8, 4) is 39.3 Å². The van der Waals surface area contributed by atoms with Gasteiger partial charge in [0.05, 0.1) is 33.5 Å². The fraction of sp³-hybridized carbons (Fsp3) is 0. The second kappa shape index (κ2) is 11.0. The maximum atomic E-state index is 5.41. The smallest absolute Gasteiger partial charge is 0.0973 e. The lowest BCUT2D eigenvalue weighted by molar-refractivity contribution is 1.18. The summed E-state index contributed by atoms with van der Waals surface area (Å²) in [6, 6.07) is 62.4. The van der Waals surface area contributed by atoms with Crippen molar-refractivity contribution < 1.29 is 0 Å². The molecule has 0 spiro atoms. The van der Waals surface area contributed by atoms with Crippen LogP contribution < -0.4 is 0 Å².